The van der Waals surface area contributed by atoms with Gasteiger partial charge in [0.05, 0.1) is 17.7 Å². The van der Waals surface area contributed by atoms with E-state index in [1.165, 1.54) is 6.26 Å². The van der Waals surface area contributed by atoms with Crippen molar-refractivity contribution in [1.29, 1.82) is 0 Å². The van der Waals surface area contributed by atoms with Crippen LogP contribution in [0.5, 0.6) is 0 Å². The van der Waals surface area contributed by atoms with Crippen LogP contribution in [0.2, 0.25) is 5.02 Å². The number of anilines is 1. The SMILES string of the molecule is CCC(C)CC1(CC)C(=O)N(Cc2cc3cc(Cl)ccc3n2CCCS(C)(=O)=O)c2ccccc21. The summed E-state index contributed by atoms with van der Waals surface area (Å²) in [6.07, 6.45) is 4.40. The van der Waals surface area contributed by atoms with Crippen molar-refractivity contribution in [3.63, 3.8) is 0 Å². The van der Waals surface area contributed by atoms with E-state index in [9.17, 15) is 13.2 Å². The quantitative estimate of drug-likeness (QED) is 0.316. The summed E-state index contributed by atoms with van der Waals surface area (Å²) in [5.41, 5.74) is 3.57. The number of carbonyl (C=O) groups excluding carboxylic acids is 1. The molecule has 5 nitrogen and oxygen atoms in total. The van der Waals surface area contributed by atoms with Gasteiger partial charge in [0.1, 0.15) is 9.84 Å². The van der Waals surface area contributed by atoms with Crippen LogP contribution in [0.3, 0.4) is 0 Å². The number of carbonyl (C=O) groups is 1. The number of para-hydroxylation sites is 1. The van der Waals surface area contributed by atoms with Crippen LogP contribution in [-0.2, 0) is 33.1 Å². The fraction of sp³-hybridized carbons (Fsp3) is 0.464. The van der Waals surface area contributed by atoms with E-state index < -0.39 is 15.3 Å². The first-order valence-corrected chi connectivity index (χ1v) is 14.9. The Kier molecular flexibility index (Phi) is 7.35. The van der Waals surface area contributed by atoms with E-state index in [1.54, 1.807) is 0 Å². The maximum atomic E-state index is 14.1. The van der Waals surface area contributed by atoms with Gasteiger partial charge in [-0.05, 0) is 61.1 Å². The molecule has 0 N–H and O–H groups in total. The molecule has 0 radical (unpaired) electrons. The first kappa shape index (κ1) is 25.8. The number of halogens is 1. The first-order valence-electron chi connectivity index (χ1n) is 12.5. The van der Waals surface area contributed by atoms with Crippen LogP contribution in [0.15, 0.2) is 48.5 Å². The molecule has 1 amide bonds. The summed E-state index contributed by atoms with van der Waals surface area (Å²) in [7, 11) is -3.05. The summed E-state index contributed by atoms with van der Waals surface area (Å²) in [4.78, 5) is 16.0. The Balaban J connectivity index is 1.75. The number of sulfone groups is 1. The number of aromatic nitrogens is 1. The van der Waals surface area contributed by atoms with Crippen LogP contribution in [0.1, 0.15) is 57.7 Å². The standard InChI is InChI=1S/C28H35ClN2O3S/c1-5-20(3)18-28(6-2)24-10-7-8-11-26(24)31(27(28)32)19-23-17-21-16-22(29)12-13-25(21)30(23)14-9-15-35(4,33)34/h7-8,10-13,16-17,20H,5-6,9,14-15,18-19H2,1-4H3. The highest BCUT2D eigenvalue weighted by molar-refractivity contribution is 7.90. The third-order valence-corrected chi connectivity index (χ3v) is 8.79. The summed E-state index contributed by atoms with van der Waals surface area (Å²) in [6, 6.07) is 16.0. The molecule has 2 heterocycles. The zero-order valence-electron chi connectivity index (χ0n) is 21.1. The molecule has 0 saturated heterocycles. The molecule has 0 saturated carbocycles. The fourth-order valence-electron chi connectivity index (χ4n) is 5.52. The lowest BCUT2D eigenvalue weighted by molar-refractivity contribution is -0.124. The van der Waals surface area contributed by atoms with Crippen LogP contribution in [0.25, 0.3) is 10.9 Å². The van der Waals surface area contributed by atoms with Crippen molar-refractivity contribution in [3.05, 3.63) is 64.8 Å². The van der Waals surface area contributed by atoms with E-state index in [0.29, 0.717) is 30.5 Å². The van der Waals surface area contributed by atoms with Gasteiger partial charge in [-0.3, -0.25) is 4.79 Å². The maximum absolute atomic E-state index is 14.1. The van der Waals surface area contributed by atoms with E-state index in [0.717, 1.165) is 47.1 Å². The predicted octanol–water partition coefficient (Wildman–Crippen LogP) is 6.36. The molecule has 4 rings (SSSR count). The summed E-state index contributed by atoms with van der Waals surface area (Å²) in [6.45, 7) is 7.51. The van der Waals surface area contributed by atoms with E-state index >= 15 is 0 Å². The fourth-order valence-corrected chi connectivity index (χ4v) is 6.35. The van der Waals surface area contributed by atoms with Gasteiger partial charge in [-0.15, -0.1) is 0 Å². The van der Waals surface area contributed by atoms with Crippen molar-refractivity contribution < 1.29 is 13.2 Å². The third kappa shape index (κ3) is 5.01. The molecule has 0 aliphatic carbocycles. The molecule has 188 valence electrons. The Morgan fingerprint density at radius 3 is 2.51 bits per heavy atom. The van der Waals surface area contributed by atoms with Crippen LogP contribution >= 0.6 is 11.6 Å². The Bertz CT molecular complexity index is 1350. The van der Waals surface area contributed by atoms with E-state index in [1.807, 2.05) is 35.2 Å². The summed E-state index contributed by atoms with van der Waals surface area (Å²) in [5.74, 6) is 0.725. The van der Waals surface area contributed by atoms with Crippen LogP contribution < -0.4 is 4.90 Å². The van der Waals surface area contributed by atoms with Crippen LogP contribution in [-0.4, -0.2) is 30.9 Å². The molecule has 2 unspecified atom stereocenters. The number of aryl methyl sites for hydroxylation is 1. The minimum Gasteiger partial charge on any atom is -0.343 e. The minimum atomic E-state index is -3.05. The van der Waals surface area contributed by atoms with Gasteiger partial charge in [0.15, 0.2) is 0 Å². The monoisotopic (exact) mass is 514 g/mol. The number of amides is 1. The number of rotatable bonds is 10. The smallest absolute Gasteiger partial charge is 0.238 e. The second kappa shape index (κ2) is 9.98. The lowest BCUT2D eigenvalue weighted by Crippen LogP contribution is -2.41. The average molecular weight is 515 g/mol. The second-order valence-electron chi connectivity index (χ2n) is 10.0. The molecule has 3 aromatic rings. The molecular formula is C28H35ClN2O3S. The lowest BCUT2D eigenvalue weighted by Gasteiger charge is -2.30. The Morgan fingerprint density at radius 1 is 1.09 bits per heavy atom. The minimum absolute atomic E-state index is 0.124. The normalized spacial score (nSPS) is 18.9. The third-order valence-electron chi connectivity index (χ3n) is 7.53. The molecule has 0 bridgehead atoms. The molecular weight excluding hydrogens is 480 g/mol. The first-order chi connectivity index (χ1) is 16.6. The number of nitrogens with zero attached hydrogens (tertiary/aromatic N) is 2. The molecule has 0 fully saturated rings. The summed E-state index contributed by atoms with van der Waals surface area (Å²) >= 11 is 6.27. The van der Waals surface area contributed by atoms with Crippen molar-refractivity contribution in [1.82, 2.24) is 4.57 Å². The number of benzene rings is 2. The number of hydrogen-bond donors (Lipinski definition) is 0. The average Bonchev–Trinajstić information content (AvgIpc) is 3.26. The Hall–Kier alpha value is -2.31. The molecule has 1 aliphatic heterocycles. The van der Waals surface area contributed by atoms with Crippen molar-refractivity contribution in [2.45, 2.75) is 65.0 Å². The summed E-state index contributed by atoms with van der Waals surface area (Å²) in [5, 5.41) is 1.65. The number of hydrogen-bond acceptors (Lipinski definition) is 3. The zero-order valence-corrected chi connectivity index (χ0v) is 22.6. The summed E-state index contributed by atoms with van der Waals surface area (Å²) < 4.78 is 25.6. The van der Waals surface area contributed by atoms with Gasteiger partial charge >= 0.3 is 0 Å². The van der Waals surface area contributed by atoms with Gasteiger partial charge in [-0.25, -0.2) is 8.42 Å². The molecule has 1 aromatic heterocycles. The van der Waals surface area contributed by atoms with Crippen molar-refractivity contribution >= 4 is 43.9 Å². The van der Waals surface area contributed by atoms with Gasteiger partial charge in [0.2, 0.25) is 5.91 Å². The van der Waals surface area contributed by atoms with E-state index in [4.69, 9.17) is 11.6 Å². The van der Waals surface area contributed by atoms with Crippen molar-refractivity contribution in [3.8, 4) is 0 Å². The highest BCUT2D eigenvalue weighted by Gasteiger charge is 2.49. The Morgan fingerprint density at radius 2 is 1.83 bits per heavy atom. The molecule has 2 atom stereocenters. The molecule has 1 aliphatic rings. The van der Waals surface area contributed by atoms with E-state index in [2.05, 4.69) is 43.5 Å². The predicted molar refractivity (Wildman–Crippen MR) is 145 cm³/mol. The lowest BCUT2D eigenvalue weighted by atomic mass is 9.72. The van der Waals surface area contributed by atoms with Crippen LogP contribution in [0, 0.1) is 5.92 Å². The van der Waals surface area contributed by atoms with Gasteiger partial charge in [-0.1, -0.05) is 57.0 Å². The van der Waals surface area contributed by atoms with Crippen LogP contribution in [0.4, 0.5) is 5.69 Å². The van der Waals surface area contributed by atoms with Gasteiger partial charge in [0, 0.05) is 40.1 Å². The second-order valence-corrected chi connectivity index (χ2v) is 12.7. The van der Waals surface area contributed by atoms with Gasteiger partial charge < -0.3 is 9.47 Å². The van der Waals surface area contributed by atoms with E-state index in [-0.39, 0.29) is 11.7 Å². The topological polar surface area (TPSA) is 59.4 Å². The molecule has 2 aromatic carbocycles. The molecule has 35 heavy (non-hydrogen) atoms. The maximum Gasteiger partial charge on any atom is 0.238 e. The molecule has 0 spiro atoms. The van der Waals surface area contributed by atoms with Crippen molar-refractivity contribution in [2.75, 3.05) is 16.9 Å². The molecule has 7 heteroatoms. The highest BCUT2D eigenvalue weighted by Crippen LogP contribution is 2.48. The number of fused-ring (bicyclic) bond motifs is 2. The van der Waals surface area contributed by atoms with Gasteiger partial charge in [0.25, 0.3) is 0 Å². The highest BCUT2D eigenvalue weighted by atomic mass is 35.5. The van der Waals surface area contributed by atoms with Gasteiger partial charge in [-0.2, -0.15) is 0 Å². The largest absolute Gasteiger partial charge is 0.343 e. The van der Waals surface area contributed by atoms with Crippen molar-refractivity contribution in [2.24, 2.45) is 5.92 Å². The zero-order chi connectivity index (χ0) is 25.4. The Labute approximate surface area is 214 Å².